The molecular weight excluding hydrogens is 288 g/mol. The fourth-order valence-corrected chi connectivity index (χ4v) is 2.39. The maximum Gasteiger partial charge on any atom is 0.284 e. The van der Waals surface area contributed by atoms with Crippen LogP contribution in [0.2, 0.25) is 0 Å². The number of aliphatic imine (C=N–C) groups is 1. The Bertz CT molecular complexity index is 397. The summed E-state index contributed by atoms with van der Waals surface area (Å²) in [4.78, 5) is 4.44. The first kappa shape index (κ1) is 17.5. The SMILES string of the molecule is CCOC(=NCC1COC(C)(C)O1)NCC1COC(C)(C)O1. The van der Waals surface area contributed by atoms with Crippen molar-refractivity contribution >= 4 is 6.02 Å². The largest absolute Gasteiger partial charge is 0.466 e. The van der Waals surface area contributed by atoms with Crippen molar-refractivity contribution in [1.82, 2.24) is 5.32 Å². The van der Waals surface area contributed by atoms with Crippen LogP contribution in [0, 0.1) is 0 Å². The molecule has 0 saturated carbocycles. The van der Waals surface area contributed by atoms with E-state index in [4.69, 9.17) is 23.7 Å². The van der Waals surface area contributed by atoms with Gasteiger partial charge in [-0.15, -0.1) is 0 Å². The van der Waals surface area contributed by atoms with Crippen LogP contribution in [0.15, 0.2) is 4.99 Å². The molecular formula is C15H28N2O5. The molecule has 2 aliphatic heterocycles. The summed E-state index contributed by atoms with van der Waals surface area (Å²) in [6.45, 7) is 12.3. The lowest BCUT2D eigenvalue weighted by Crippen LogP contribution is -2.36. The molecule has 1 N–H and O–H groups in total. The van der Waals surface area contributed by atoms with Crippen LogP contribution in [-0.4, -0.2) is 62.7 Å². The molecule has 2 saturated heterocycles. The van der Waals surface area contributed by atoms with Crippen LogP contribution in [0.1, 0.15) is 34.6 Å². The molecule has 2 rings (SSSR count). The van der Waals surface area contributed by atoms with Crippen molar-refractivity contribution in [3.8, 4) is 0 Å². The monoisotopic (exact) mass is 316 g/mol. The summed E-state index contributed by atoms with van der Waals surface area (Å²) in [6, 6.07) is 0.504. The standard InChI is InChI=1S/C15H28N2O5/c1-6-18-13(16-7-11-9-19-14(2,3)21-11)17-8-12-10-20-15(4,5)22-12/h11-12H,6-10H2,1-5H3,(H,16,17). The number of hydrogen-bond acceptors (Lipinski definition) is 6. The van der Waals surface area contributed by atoms with Crippen molar-refractivity contribution < 1.29 is 23.7 Å². The van der Waals surface area contributed by atoms with Gasteiger partial charge in [-0.1, -0.05) is 0 Å². The van der Waals surface area contributed by atoms with Crippen molar-refractivity contribution in [3.63, 3.8) is 0 Å². The van der Waals surface area contributed by atoms with Gasteiger partial charge in [-0.3, -0.25) is 0 Å². The molecule has 2 heterocycles. The van der Waals surface area contributed by atoms with Gasteiger partial charge in [-0.2, -0.15) is 0 Å². The van der Waals surface area contributed by atoms with E-state index in [0.29, 0.717) is 38.9 Å². The van der Waals surface area contributed by atoms with E-state index in [1.165, 1.54) is 0 Å². The van der Waals surface area contributed by atoms with Gasteiger partial charge in [0.25, 0.3) is 6.02 Å². The van der Waals surface area contributed by atoms with Crippen molar-refractivity contribution in [2.24, 2.45) is 4.99 Å². The van der Waals surface area contributed by atoms with E-state index in [-0.39, 0.29) is 12.2 Å². The second-order valence-electron chi connectivity index (χ2n) is 6.36. The third-order valence-corrected chi connectivity index (χ3v) is 3.34. The Hall–Kier alpha value is -0.890. The maximum absolute atomic E-state index is 5.74. The summed E-state index contributed by atoms with van der Waals surface area (Å²) in [5, 5.41) is 3.17. The number of nitrogens with zero attached hydrogens (tertiary/aromatic N) is 1. The van der Waals surface area contributed by atoms with E-state index in [1.807, 2.05) is 34.6 Å². The fraction of sp³-hybridized carbons (Fsp3) is 0.933. The van der Waals surface area contributed by atoms with E-state index in [1.54, 1.807) is 0 Å². The Kier molecular flexibility index (Phi) is 5.65. The van der Waals surface area contributed by atoms with Crippen LogP contribution in [0.25, 0.3) is 0 Å². The van der Waals surface area contributed by atoms with E-state index in [0.717, 1.165) is 0 Å². The molecule has 0 radical (unpaired) electrons. The van der Waals surface area contributed by atoms with Gasteiger partial charge in [0.2, 0.25) is 0 Å². The summed E-state index contributed by atoms with van der Waals surface area (Å²) < 4.78 is 28.0. The Labute approximate surface area is 132 Å². The Morgan fingerprint density at radius 1 is 1.09 bits per heavy atom. The lowest BCUT2D eigenvalue weighted by molar-refractivity contribution is -0.137. The lowest BCUT2D eigenvalue weighted by atomic mass is 10.3. The highest BCUT2D eigenvalue weighted by Crippen LogP contribution is 2.23. The van der Waals surface area contributed by atoms with Crippen molar-refractivity contribution in [3.05, 3.63) is 0 Å². The minimum Gasteiger partial charge on any atom is -0.466 e. The van der Waals surface area contributed by atoms with Crippen LogP contribution in [0.5, 0.6) is 0 Å². The third kappa shape index (κ3) is 5.39. The summed E-state index contributed by atoms with van der Waals surface area (Å²) in [5.74, 6) is -1.05. The normalized spacial score (nSPS) is 30.5. The minimum absolute atomic E-state index is 0.00865. The van der Waals surface area contributed by atoms with Gasteiger partial charge in [0.15, 0.2) is 11.6 Å². The van der Waals surface area contributed by atoms with Gasteiger partial charge in [0.1, 0.15) is 12.2 Å². The molecule has 22 heavy (non-hydrogen) atoms. The molecule has 128 valence electrons. The first-order chi connectivity index (χ1) is 10.3. The van der Waals surface area contributed by atoms with Gasteiger partial charge >= 0.3 is 0 Å². The first-order valence-electron chi connectivity index (χ1n) is 7.84. The Morgan fingerprint density at radius 2 is 1.68 bits per heavy atom. The quantitative estimate of drug-likeness (QED) is 0.608. The number of amidine groups is 1. The van der Waals surface area contributed by atoms with Crippen molar-refractivity contribution in [2.75, 3.05) is 32.9 Å². The average molecular weight is 316 g/mol. The van der Waals surface area contributed by atoms with Gasteiger partial charge in [0, 0.05) is 6.54 Å². The number of rotatable bonds is 5. The molecule has 7 heteroatoms. The molecule has 0 aromatic carbocycles. The second kappa shape index (κ2) is 7.12. The molecule has 0 amide bonds. The highest BCUT2D eigenvalue weighted by Gasteiger charge is 2.33. The smallest absolute Gasteiger partial charge is 0.284 e. The molecule has 0 spiro atoms. The molecule has 2 atom stereocenters. The third-order valence-electron chi connectivity index (χ3n) is 3.34. The molecule has 2 unspecified atom stereocenters. The minimum atomic E-state index is -0.528. The van der Waals surface area contributed by atoms with Crippen LogP contribution in [0.4, 0.5) is 0 Å². The zero-order chi connectivity index (χ0) is 16.2. The number of ether oxygens (including phenoxy) is 5. The van der Waals surface area contributed by atoms with Gasteiger partial charge < -0.3 is 29.0 Å². The zero-order valence-corrected chi connectivity index (χ0v) is 14.2. The molecule has 2 aliphatic rings. The molecule has 0 aliphatic carbocycles. The summed E-state index contributed by atoms with van der Waals surface area (Å²) >= 11 is 0. The van der Waals surface area contributed by atoms with Gasteiger partial charge in [-0.05, 0) is 34.6 Å². The lowest BCUT2D eigenvalue weighted by Gasteiger charge is -2.18. The molecule has 2 fully saturated rings. The number of hydrogen-bond donors (Lipinski definition) is 1. The summed E-state index contributed by atoms with van der Waals surface area (Å²) in [6.07, 6.45) is -0.0529. The van der Waals surface area contributed by atoms with Crippen LogP contribution < -0.4 is 5.32 Å². The van der Waals surface area contributed by atoms with Gasteiger partial charge in [-0.25, -0.2) is 4.99 Å². The predicted octanol–water partition coefficient (Wildman–Crippen LogP) is 1.27. The first-order valence-corrected chi connectivity index (χ1v) is 7.84. The highest BCUT2D eigenvalue weighted by molar-refractivity contribution is 5.73. The molecule has 7 nitrogen and oxygen atoms in total. The van der Waals surface area contributed by atoms with E-state index in [2.05, 4.69) is 10.3 Å². The van der Waals surface area contributed by atoms with E-state index < -0.39 is 11.6 Å². The topological polar surface area (TPSA) is 70.5 Å². The molecule has 0 bridgehead atoms. The second-order valence-corrected chi connectivity index (χ2v) is 6.36. The zero-order valence-electron chi connectivity index (χ0n) is 14.2. The van der Waals surface area contributed by atoms with Crippen molar-refractivity contribution in [2.45, 2.75) is 58.4 Å². The van der Waals surface area contributed by atoms with Crippen LogP contribution in [0.3, 0.4) is 0 Å². The summed E-state index contributed by atoms with van der Waals surface area (Å²) in [5.41, 5.74) is 0. The fourth-order valence-electron chi connectivity index (χ4n) is 2.39. The average Bonchev–Trinajstić information content (AvgIpc) is 2.95. The van der Waals surface area contributed by atoms with E-state index in [9.17, 15) is 0 Å². The maximum atomic E-state index is 5.74. The summed E-state index contributed by atoms with van der Waals surface area (Å²) in [7, 11) is 0. The molecule has 0 aromatic heterocycles. The molecule has 0 aromatic rings. The highest BCUT2D eigenvalue weighted by atomic mass is 16.7. The van der Waals surface area contributed by atoms with Gasteiger partial charge in [0.05, 0.1) is 26.4 Å². The van der Waals surface area contributed by atoms with E-state index >= 15 is 0 Å². The van der Waals surface area contributed by atoms with Crippen molar-refractivity contribution in [1.29, 1.82) is 0 Å². The Balaban J connectivity index is 1.78. The van der Waals surface area contributed by atoms with Crippen LogP contribution >= 0.6 is 0 Å². The van der Waals surface area contributed by atoms with Crippen LogP contribution in [-0.2, 0) is 23.7 Å². The number of nitrogens with one attached hydrogen (secondary N) is 1. The Morgan fingerprint density at radius 3 is 2.18 bits per heavy atom. The predicted molar refractivity (Wildman–Crippen MR) is 81.7 cm³/mol.